The average molecular weight is 473 g/mol. The van der Waals surface area contributed by atoms with E-state index in [2.05, 4.69) is 37.6 Å². The molecule has 5 heterocycles. The van der Waals surface area contributed by atoms with Crippen LogP contribution in [0.25, 0.3) is 20.7 Å². The van der Waals surface area contributed by atoms with Crippen LogP contribution in [0.15, 0.2) is 22.9 Å². The Hall–Kier alpha value is -2.11. The topological polar surface area (TPSA) is 87.8 Å². The van der Waals surface area contributed by atoms with E-state index in [9.17, 15) is 4.79 Å². The van der Waals surface area contributed by atoms with Gasteiger partial charge >= 0.3 is 0 Å². The molecule has 32 heavy (non-hydrogen) atoms. The SMILES string of the molecule is NC(=O)CN1CCCN(c2nc(CN3CCOCC3)nc3scc(-c4cccs4)c23)CC1. The molecular weight excluding hydrogens is 444 g/mol. The molecule has 2 aliphatic heterocycles. The fourth-order valence-corrected chi connectivity index (χ4v) is 6.17. The first-order valence-corrected chi connectivity index (χ1v) is 12.8. The number of nitrogens with zero attached hydrogens (tertiary/aromatic N) is 5. The highest BCUT2D eigenvalue weighted by Gasteiger charge is 2.24. The van der Waals surface area contributed by atoms with Crippen molar-refractivity contribution in [3.05, 3.63) is 28.7 Å². The van der Waals surface area contributed by atoms with Gasteiger partial charge in [-0.2, -0.15) is 0 Å². The quantitative estimate of drug-likeness (QED) is 0.589. The molecule has 0 radical (unpaired) electrons. The Kier molecular flexibility index (Phi) is 6.65. The van der Waals surface area contributed by atoms with Gasteiger partial charge in [0.25, 0.3) is 0 Å². The Morgan fingerprint density at radius 1 is 1.06 bits per heavy atom. The number of nitrogens with two attached hydrogens (primary N) is 1. The number of anilines is 1. The number of hydrogen-bond acceptors (Lipinski definition) is 9. The Balaban J connectivity index is 1.50. The van der Waals surface area contributed by atoms with E-state index in [1.807, 2.05) is 0 Å². The highest BCUT2D eigenvalue weighted by atomic mass is 32.1. The van der Waals surface area contributed by atoms with Gasteiger partial charge < -0.3 is 15.4 Å². The van der Waals surface area contributed by atoms with E-state index in [-0.39, 0.29) is 5.91 Å². The maximum absolute atomic E-state index is 11.4. The van der Waals surface area contributed by atoms with Crippen LogP contribution in [-0.4, -0.2) is 84.7 Å². The van der Waals surface area contributed by atoms with Gasteiger partial charge in [-0.15, -0.1) is 22.7 Å². The molecule has 10 heteroatoms. The number of primary amides is 1. The van der Waals surface area contributed by atoms with Crippen LogP contribution in [-0.2, 0) is 16.1 Å². The first-order chi connectivity index (χ1) is 15.7. The van der Waals surface area contributed by atoms with Crippen LogP contribution in [0.3, 0.4) is 0 Å². The van der Waals surface area contributed by atoms with Gasteiger partial charge in [-0.1, -0.05) is 6.07 Å². The van der Waals surface area contributed by atoms with Crippen LogP contribution in [0, 0.1) is 0 Å². The summed E-state index contributed by atoms with van der Waals surface area (Å²) in [6, 6.07) is 4.25. The molecular formula is C22H28N6O2S2. The molecule has 3 aromatic heterocycles. The monoisotopic (exact) mass is 472 g/mol. The standard InChI is InChI=1S/C22H28N6O2S2/c23-18(29)13-26-4-2-5-28(7-6-26)21-20-16(17-3-1-12-31-17)15-32-22(20)25-19(24-21)14-27-8-10-30-11-9-27/h1,3,12,15H,2,4-11,13-14H2,(H2,23,29). The maximum atomic E-state index is 11.4. The minimum Gasteiger partial charge on any atom is -0.379 e. The van der Waals surface area contributed by atoms with Gasteiger partial charge in [0.1, 0.15) is 16.5 Å². The average Bonchev–Trinajstić information content (AvgIpc) is 3.40. The smallest absolute Gasteiger partial charge is 0.231 e. The van der Waals surface area contributed by atoms with Crippen molar-refractivity contribution < 1.29 is 9.53 Å². The molecule has 0 aromatic carbocycles. The lowest BCUT2D eigenvalue weighted by Crippen LogP contribution is -2.37. The first-order valence-electron chi connectivity index (χ1n) is 11.0. The van der Waals surface area contributed by atoms with E-state index >= 15 is 0 Å². The summed E-state index contributed by atoms with van der Waals surface area (Å²) in [5.41, 5.74) is 6.65. The summed E-state index contributed by atoms with van der Waals surface area (Å²) in [5.74, 6) is 1.62. The van der Waals surface area contributed by atoms with Crippen molar-refractivity contribution in [1.29, 1.82) is 0 Å². The molecule has 0 unspecified atom stereocenters. The van der Waals surface area contributed by atoms with Crippen molar-refractivity contribution >= 4 is 44.6 Å². The lowest BCUT2D eigenvalue weighted by Gasteiger charge is -2.27. The van der Waals surface area contributed by atoms with Crippen LogP contribution in [0.1, 0.15) is 12.2 Å². The van der Waals surface area contributed by atoms with Crippen molar-refractivity contribution in [2.45, 2.75) is 13.0 Å². The molecule has 2 saturated heterocycles. The number of morpholine rings is 1. The number of carbonyl (C=O) groups excluding carboxylic acids is 1. The van der Waals surface area contributed by atoms with Crippen LogP contribution in [0.5, 0.6) is 0 Å². The Labute approximate surface area is 195 Å². The highest BCUT2D eigenvalue weighted by molar-refractivity contribution is 7.18. The number of fused-ring (bicyclic) bond motifs is 1. The molecule has 8 nitrogen and oxygen atoms in total. The Bertz CT molecular complexity index is 1060. The van der Waals surface area contributed by atoms with E-state index in [0.29, 0.717) is 6.54 Å². The molecule has 1 amide bonds. The van der Waals surface area contributed by atoms with Crippen molar-refractivity contribution in [2.75, 3.05) is 63.9 Å². The Morgan fingerprint density at radius 2 is 1.94 bits per heavy atom. The molecule has 3 aromatic rings. The fraction of sp³-hybridized carbons (Fsp3) is 0.500. The zero-order valence-corrected chi connectivity index (χ0v) is 19.7. The molecule has 0 bridgehead atoms. The van der Waals surface area contributed by atoms with Crippen molar-refractivity contribution in [3.8, 4) is 10.4 Å². The molecule has 0 aliphatic carbocycles. The third-order valence-electron chi connectivity index (χ3n) is 5.98. The van der Waals surface area contributed by atoms with Gasteiger partial charge in [0.15, 0.2) is 0 Å². The van der Waals surface area contributed by atoms with Gasteiger partial charge in [-0.25, -0.2) is 9.97 Å². The van der Waals surface area contributed by atoms with Gasteiger partial charge in [0.2, 0.25) is 5.91 Å². The second-order valence-corrected chi connectivity index (χ2v) is 10.0. The fourth-order valence-electron chi connectivity index (χ4n) is 4.40. The summed E-state index contributed by atoms with van der Waals surface area (Å²) in [6.45, 7) is 7.78. The molecule has 170 valence electrons. The van der Waals surface area contributed by atoms with Crippen LogP contribution < -0.4 is 10.6 Å². The molecule has 2 N–H and O–H groups in total. The van der Waals surface area contributed by atoms with Crippen LogP contribution in [0.4, 0.5) is 5.82 Å². The summed E-state index contributed by atoms with van der Waals surface area (Å²) in [5, 5.41) is 5.47. The summed E-state index contributed by atoms with van der Waals surface area (Å²) in [6.07, 6.45) is 0.968. The van der Waals surface area contributed by atoms with Gasteiger partial charge in [-0.3, -0.25) is 14.6 Å². The summed E-state index contributed by atoms with van der Waals surface area (Å²) in [4.78, 5) is 30.7. The molecule has 0 saturated carbocycles. The van der Waals surface area contributed by atoms with E-state index < -0.39 is 0 Å². The van der Waals surface area contributed by atoms with E-state index in [4.69, 9.17) is 20.4 Å². The van der Waals surface area contributed by atoms with Gasteiger partial charge in [0, 0.05) is 55.1 Å². The summed E-state index contributed by atoms with van der Waals surface area (Å²) >= 11 is 3.44. The zero-order chi connectivity index (χ0) is 21.9. The predicted molar refractivity (Wildman–Crippen MR) is 129 cm³/mol. The zero-order valence-electron chi connectivity index (χ0n) is 18.0. The van der Waals surface area contributed by atoms with Gasteiger partial charge in [0.05, 0.1) is 31.7 Å². The van der Waals surface area contributed by atoms with Crippen LogP contribution in [0.2, 0.25) is 0 Å². The maximum Gasteiger partial charge on any atom is 0.231 e. The summed E-state index contributed by atoms with van der Waals surface area (Å²) < 4.78 is 5.50. The van der Waals surface area contributed by atoms with Gasteiger partial charge in [-0.05, 0) is 17.9 Å². The lowest BCUT2D eigenvalue weighted by atomic mass is 10.2. The number of thiophene rings is 2. The molecule has 2 fully saturated rings. The number of amides is 1. The molecule has 5 rings (SSSR count). The second kappa shape index (κ2) is 9.80. The molecule has 0 atom stereocenters. The lowest BCUT2D eigenvalue weighted by molar-refractivity contribution is -0.119. The minimum atomic E-state index is -0.270. The molecule has 0 spiro atoms. The molecule has 2 aliphatic rings. The summed E-state index contributed by atoms with van der Waals surface area (Å²) in [7, 11) is 0. The minimum absolute atomic E-state index is 0.270. The third-order valence-corrected chi connectivity index (χ3v) is 7.76. The van der Waals surface area contributed by atoms with E-state index in [1.165, 1.54) is 10.4 Å². The predicted octanol–water partition coefficient (Wildman–Crippen LogP) is 2.25. The first kappa shape index (κ1) is 21.7. The number of rotatable bonds is 6. The largest absolute Gasteiger partial charge is 0.379 e. The number of ether oxygens (including phenoxy) is 1. The van der Waals surface area contributed by atoms with Crippen molar-refractivity contribution in [1.82, 2.24) is 19.8 Å². The van der Waals surface area contributed by atoms with Crippen molar-refractivity contribution in [3.63, 3.8) is 0 Å². The van der Waals surface area contributed by atoms with Crippen molar-refractivity contribution in [2.24, 2.45) is 5.73 Å². The highest BCUT2D eigenvalue weighted by Crippen LogP contribution is 2.40. The van der Waals surface area contributed by atoms with Crippen LogP contribution >= 0.6 is 22.7 Å². The number of hydrogen-bond donors (Lipinski definition) is 1. The third kappa shape index (κ3) is 4.79. The Morgan fingerprint density at radius 3 is 2.72 bits per heavy atom. The number of carbonyl (C=O) groups is 1. The van der Waals surface area contributed by atoms with E-state index in [0.717, 1.165) is 87.3 Å². The normalized spacial score (nSPS) is 18.8. The number of aromatic nitrogens is 2. The second-order valence-electron chi connectivity index (χ2n) is 8.24. The van der Waals surface area contributed by atoms with E-state index in [1.54, 1.807) is 22.7 Å².